The molecule has 5 heteroatoms. The van der Waals surface area contributed by atoms with Gasteiger partial charge in [-0.1, -0.05) is 45.8 Å². The largest absolute Gasteiger partial charge is 0.461 e. The van der Waals surface area contributed by atoms with Crippen molar-refractivity contribution in [2.24, 2.45) is 0 Å². The summed E-state index contributed by atoms with van der Waals surface area (Å²) in [4.78, 5) is 23.6. The number of carbonyl (C=O) groups is 2. The van der Waals surface area contributed by atoms with Crippen molar-refractivity contribution in [3.05, 3.63) is 69.7 Å². The summed E-state index contributed by atoms with van der Waals surface area (Å²) in [6.45, 7) is 2.49. The van der Waals surface area contributed by atoms with E-state index in [1.165, 1.54) is 0 Å². The van der Waals surface area contributed by atoms with Gasteiger partial charge in [0.15, 0.2) is 0 Å². The predicted molar refractivity (Wildman–Crippen MR) is 92.1 cm³/mol. The smallest absolute Gasteiger partial charge is 0.307 e. The molecule has 0 saturated heterocycles. The summed E-state index contributed by atoms with van der Waals surface area (Å²) < 4.78 is 6.10. The van der Waals surface area contributed by atoms with Crippen LogP contribution in [0.1, 0.15) is 27.9 Å². The van der Waals surface area contributed by atoms with Gasteiger partial charge in [0.25, 0.3) is 5.91 Å². The molecule has 2 aromatic rings. The fraction of sp³-hybridized carbons (Fsp3) is 0.222. The topological polar surface area (TPSA) is 55.4 Å². The van der Waals surface area contributed by atoms with Gasteiger partial charge >= 0.3 is 5.97 Å². The molecule has 0 aromatic heterocycles. The molecule has 1 N–H and O–H groups in total. The molecule has 0 saturated carbocycles. The molecule has 2 aromatic carbocycles. The molecule has 0 aliphatic rings. The number of ether oxygens (including phenoxy) is 1. The maximum atomic E-state index is 11.9. The lowest BCUT2D eigenvalue weighted by molar-refractivity contribution is -0.144. The normalized spacial score (nSPS) is 10.2. The van der Waals surface area contributed by atoms with E-state index in [4.69, 9.17) is 4.74 Å². The van der Waals surface area contributed by atoms with Crippen molar-refractivity contribution in [2.45, 2.75) is 20.0 Å². The second kappa shape index (κ2) is 8.48. The van der Waals surface area contributed by atoms with E-state index in [2.05, 4.69) is 21.2 Å². The molecule has 0 aliphatic heterocycles. The summed E-state index contributed by atoms with van der Waals surface area (Å²) in [6.07, 6.45) is 0.147. The van der Waals surface area contributed by atoms with Crippen LogP contribution in [0.3, 0.4) is 0 Å². The van der Waals surface area contributed by atoms with Crippen molar-refractivity contribution in [1.82, 2.24) is 5.32 Å². The molecule has 23 heavy (non-hydrogen) atoms. The van der Waals surface area contributed by atoms with Crippen LogP contribution in [-0.4, -0.2) is 18.4 Å². The van der Waals surface area contributed by atoms with Gasteiger partial charge in [-0.15, -0.1) is 0 Å². The maximum absolute atomic E-state index is 11.9. The number of esters is 1. The fourth-order valence-corrected chi connectivity index (χ4v) is 2.28. The van der Waals surface area contributed by atoms with E-state index < -0.39 is 0 Å². The van der Waals surface area contributed by atoms with Gasteiger partial charge in [-0.05, 0) is 36.8 Å². The molecule has 0 spiro atoms. The maximum Gasteiger partial charge on any atom is 0.307 e. The molecule has 0 unspecified atom stereocenters. The second-order valence-electron chi connectivity index (χ2n) is 5.16. The fourth-order valence-electron chi connectivity index (χ4n) is 2.02. The Morgan fingerprint density at radius 2 is 1.87 bits per heavy atom. The van der Waals surface area contributed by atoms with Gasteiger partial charge in [0, 0.05) is 16.6 Å². The average molecular weight is 376 g/mol. The van der Waals surface area contributed by atoms with Crippen molar-refractivity contribution >= 4 is 27.8 Å². The Kier molecular flexibility index (Phi) is 6.35. The van der Waals surface area contributed by atoms with E-state index in [-0.39, 0.29) is 31.4 Å². The zero-order valence-corrected chi connectivity index (χ0v) is 14.4. The minimum atomic E-state index is -0.331. The molecule has 0 fully saturated rings. The number of halogens is 1. The standard InChI is InChI=1S/C18H18BrNO3/c1-13-3-2-4-14(11-13)12-23-17(21)9-10-20-18(22)15-5-7-16(19)8-6-15/h2-8,11H,9-10,12H2,1H3,(H,20,22). The van der Waals surface area contributed by atoms with E-state index in [9.17, 15) is 9.59 Å². The van der Waals surface area contributed by atoms with Gasteiger partial charge in [0.1, 0.15) is 6.61 Å². The first-order chi connectivity index (χ1) is 11.0. The molecular weight excluding hydrogens is 358 g/mol. The van der Waals surface area contributed by atoms with Gasteiger partial charge < -0.3 is 10.1 Å². The number of carbonyl (C=O) groups excluding carboxylic acids is 2. The lowest BCUT2D eigenvalue weighted by Gasteiger charge is -2.07. The average Bonchev–Trinajstić information content (AvgIpc) is 2.53. The number of hydrogen-bond donors (Lipinski definition) is 1. The number of hydrogen-bond acceptors (Lipinski definition) is 3. The van der Waals surface area contributed by atoms with Crippen LogP contribution in [0.4, 0.5) is 0 Å². The Morgan fingerprint density at radius 1 is 1.13 bits per heavy atom. The van der Waals surface area contributed by atoms with Gasteiger partial charge in [0.05, 0.1) is 6.42 Å². The third kappa shape index (κ3) is 5.87. The molecule has 0 heterocycles. The molecular formula is C18H18BrNO3. The molecule has 2 rings (SSSR count). The van der Waals surface area contributed by atoms with Crippen LogP contribution in [0, 0.1) is 6.92 Å². The zero-order chi connectivity index (χ0) is 16.7. The SMILES string of the molecule is Cc1cccc(COC(=O)CCNC(=O)c2ccc(Br)cc2)c1. The number of benzene rings is 2. The Labute approximate surface area is 144 Å². The summed E-state index contributed by atoms with van der Waals surface area (Å²) in [5.41, 5.74) is 2.64. The van der Waals surface area contributed by atoms with Crippen molar-refractivity contribution in [1.29, 1.82) is 0 Å². The first-order valence-electron chi connectivity index (χ1n) is 7.29. The van der Waals surface area contributed by atoms with Crippen LogP contribution in [0.15, 0.2) is 53.0 Å². The number of amides is 1. The third-order valence-corrected chi connectivity index (χ3v) is 3.73. The highest BCUT2D eigenvalue weighted by molar-refractivity contribution is 9.10. The molecule has 120 valence electrons. The minimum Gasteiger partial charge on any atom is -0.461 e. The second-order valence-corrected chi connectivity index (χ2v) is 6.08. The zero-order valence-electron chi connectivity index (χ0n) is 12.8. The first-order valence-corrected chi connectivity index (χ1v) is 8.09. The Bertz CT molecular complexity index is 683. The number of aryl methyl sites for hydroxylation is 1. The molecule has 0 aliphatic carbocycles. The van der Waals surface area contributed by atoms with E-state index in [0.29, 0.717) is 5.56 Å². The van der Waals surface area contributed by atoms with E-state index >= 15 is 0 Å². The minimum absolute atomic E-state index is 0.147. The van der Waals surface area contributed by atoms with E-state index in [1.807, 2.05) is 31.2 Å². The number of rotatable bonds is 6. The summed E-state index contributed by atoms with van der Waals surface area (Å²) in [5.74, 6) is -0.536. The lowest BCUT2D eigenvalue weighted by atomic mass is 10.1. The van der Waals surface area contributed by atoms with Crippen molar-refractivity contribution < 1.29 is 14.3 Å². The van der Waals surface area contributed by atoms with Gasteiger partial charge in [0.2, 0.25) is 0 Å². The summed E-state index contributed by atoms with van der Waals surface area (Å²) in [5, 5.41) is 2.70. The summed E-state index contributed by atoms with van der Waals surface area (Å²) >= 11 is 3.31. The highest BCUT2D eigenvalue weighted by Gasteiger charge is 2.07. The lowest BCUT2D eigenvalue weighted by Crippen LogP contribution is -2.26. The quantitative estimate of drug-likeness (QED) is 0.784. The first kappa shape index (κ1) is 17.2. The Hall–Kier alpha value is -2.14. The highest BCUT2D eigenvalue weighted by Crippen LogP contribution is 2.10. The third-order valence-electron chi connectivity index (χ3n) is 3.20. The van der Waals surface area contributed by atoms with Gasteiger partial charge in [-0.25, -0.2) is 0 Å². The predicted octanol–water partition coefficient (Wildman–Crippen LogP) is 3.62. The Morgan fingerprint density at radius 3 is 2.57 bits per heavy atom. The number of nitrogens with one attached hydrogen (secondary N) is 1. The molecule has 0 bridgehead atoms. The van der Waals surface area contributed by atoms with Gasteiger partial charge in [-0.2, -0.15) is 0 Å². The van der Waals surface area contributed by atoms with Crippen LogP contribution < -0.4 is 5.32 Å². The summed E-state index contributed by atoms with van der Waals surface area (Å²) in [6, 6.07) is 14.8. The monoisotopic (exact) mass is 375 g/mol. The van der Waals surface area contributed by atoms with Gasteiger partial charge in [-0.3, -0.25) is 9.59 Å². The Balaban J connectivity index is 1.70. The van der Waals surface area contributed by atoms with E-state index in [0.717, 1.165) is 15.6 Å². The van der Waals surface area contributed by atoms with Crippen LogP contribution in [0.5, 0.6) is 0 Å². The molecule has 0 atom stereocenters. The summed E-state index contributed by atoms with van der Waals surface area (Å²) in [7, 11) is 0. The van der Waals surface area contributed by atoms with Crippen molar-refractivity contribution in [2.75, 3.05) is 6.54 Å². The van der Waals surface area contributed by atoms with Crippen molar-refractivity contribution in [3.8, 4) is 0 Å². The van der Waals surface area contributed by atoms with Crippen molar-refractivity contribution in [3.63, 3.8) is 0 Å². The van der Waals surface area contributed by atoms with Crippen LogP contribution in [0.2, 0.25) is 0 Å². The van der Waals surface area contributed by atoms with E-state index in [1.54, 1.807) is 24.3 Å². The molecule has 4 nitrogen and oxygen atoms in total. The highest BCUT2D eigenvalue weighted by atomic mass is 79.9. The molecule has 0 radical (unpaired) electrons. The van der Waals surface area contributed by atoms with Crippen LogP contribution in [-0.2, 0) is 16.1 Å². The van der Waals surface area contributed by atoms with Crippen LogP contribution in [0.25, 0.3) is 0 Å². The molecule has 1 amide bonds. The van der Waals surface area contributed by atoms with Crippen LogP contribution >= 0.6 is 15.9 Å².